The first-order chi connectivity index (χ1) is 33.3. The van der Waals surface area contributed by atoms with E-state index in [1.807, 2.05) is 11.3 Å². The maximum atomic E-state index is 2.72. The maximum Gasteiger partial charge on any atom is 0.252 e. The van der Waals surface area contributed by atoms with Crippen LogP contribution in [0.3, 0.4) is 0 Å². The summed E-state index contributed by atoms with van der Waals surface area (Å²) >= 11 is 1.96. The number of hydrogen-bond acceptors (Lipinski definition) is 3. The van der Waals surface area contributed by atoms with Crippen molar-refractivity contribution in [3.63, 3.8) is 0 Å². The minimum Gasteiger partial charge on any atom is -0.311 e. The van der Waals surface area contributed by atoms with Gasteiger partial charge in [-0.3, -0.25) is 0 Å². The number of nitrogens with zero attached hydrogens (tertiary/aromatic N) is 2. The van der Waals surface area contributed by atoms with Gasteiger partial charge in [0.25, 0.3) is 6.71 Å². The summed E-state index contributed by atoms with van der Waals surface area (Å²) in [5.74, 6) is 0. The van der Waals surface area contributed by atoms with Crippen molar-refractivity contribution in [1.82, 2.24) is 0 Å². The number of hydrogen-bond donors (Lipinski definition) is 0. The quantitative estimate of drug-likeness (QED) is 0.163. The van der Waals surface area contributed by atoms with Crippen molar-refractivity contribution in [2.75, 3.05) is 9.80 Å². The van der Waals surface area contributed by atoms with Crippen molar-refractivity contribution in [3.05, 3.63) is 160 Å². The predicted molar refractivity (Wildman–Crippen MR) is 311 cm³/mol. The highest BCUT2D eigenvalue weighted by molar-refractivity contribution is 7.26. The molecule has 4 aliphatic rings. The molecule has 0 atom stereocenters. The standard InChI is InChI=1S/C67H73BN2S/c1-40-32-56-61-57(33-40)70(53-27-24-42(62(2,3)4)34-44(53)41-20-17-16-18-21-41)55-39-59-45(60-47(63(5,6)7)22-19-23-58(60)71-59)36-51(55)68(61)52-37-49-50(67(14,15)31-30-66(49,12)13)38-54(52)69(56)43-25-26-46-48(35-43)65(10,11)29-28-64(46,8)9/h16-27,32-39H,28-31H2,1-15H3. The first kappa shape index (κ1) is 46.5. The molecule has 0 saturated heterocycles. The summed E-state index contributed by atoms with van der Waals surface area (Å²) in [6.45, 7) is 36.4. The Labute approximate surface area is 429 Å². The van der Waals surface area contributed by atoms with Crippen molar-refractivity contribution >= 4 is 88.7 Å². The number of thiophene rings is 1. The van der Waals surface area contributed by atoms with Gasteiger partial charge in [-0.1, -0.05) is 164 Å². The van der Waals surface area contributed by atoms with E-state index in [0.29, 0.717) is 0 Å². The van der Waals surface area contributed by atoms with Crippen LogP contribution in [0.15, 0.2) is 121 Å². The van der Waals surface area contributed by atoms with Crippen LogP contribution in [0.5, 0.6) is 0 Å². The zero-order valence-electron chi connectivity index (χ0n) is 45.3. The third kappa shape index (κ3) is 7.07. The first-order valence-electron chi connectivity index (χ1n) is 26.6. The van der Waals surface area contributed by atoms with Crippen molar-refractivity contribution in [3.8, 4) is 11.1 Å². The molecule has 7 aromatic carbocycles. The Hall–Kier alpha value is -5.58. The Morgan fingerprint density at radius 3 is 1.72 bits per heavy atom. The molecular weight excluding hydrogens is 876 g/mol. The van der Waals surface area contributed by atoms with Gasteiger partial charge < -0.3 is 9.80 Å². The van der Waals surface area contributed by atoms with E-state index in [-0.39, 0.29) is 39.2 Å². The second-order valence-electron chi connectivity index (χ2n) is 26.8. The molecule has 0 saturated carbocycles. The molecule has 3 heterocycles. The Morgan fingerprint density at radius 1 is 0.479 bits per heavy atom. The summed E-state index contributed by atoms with van der Waals surface area (Å²) in [6, 6.07) is 48.7. The second-order valence-corrected chi connectivity index (χ2v) is 27.9. The average Bonchev–Trinajstić information content (AvgIpc) is 3.68. The molecule has 12 rings (SSSR count). The lowest BCUT2D eigenvalue weighted by molar-refractivity contribution is 0.332. The lowest BCUT2D eigenvalue weighted by Gasteiger charge is -2.48. The van der Waals surface area contributed by atoms with E-state index in [9.17, 15) is 0 Å². The topological polar surface area (TPSA) is 6.48 Å². The third-order valence-corrected chi connectivity index (χ3v) is 19.0. The van der Waals surface area contributed by atoms with Gasteiger partial charge in [0.05, 0.1) is 5.69 Å². The van der Waals surface area contributed by atoms with Crippen LogP contribution >= 0.6 is 11.3 Å². The van der Waals surface area contributed by atoms with Gasteiger partial charge >= 0.3 is 0 Å². The molecule has 8 aromatic rings. The molecular formula is C67H73BN2S. The zero-order valence-corrected chi connectivity index (χ0v) is 46.1. The molecule has 0 spiro atoms. The summed E-state index contributed by atoms with van der Waals surface area (Å²) in [5, 5.41) is 2.79. The average molecular weight is 949 g/mol. The molecule has 0 unspecified atom stereocenters. The molecule has 2 aliphatic heterocycles. The van der Waals surface area contributed by atoms with Gasteiger partial charge in [0.1, 0.15) is 0 Å². The van der Waals surface area contributed by atoms with Crippen LogP contribution in [0.4, 0.5) is 34.1 Å². The number of benzene rings is 7. The monoisotopic (exact) mass is 949 g/mol. The normalized spacial score (nSPS) is 18.2. The van der Waals surface area contributed by atoms with E-state index in [2.05, 4.69) is 235 Å². The lowest BCUT2D eigenvalue weighted by Crippen LogP contribution is -2.62. The van der Waals surface area contributed by atoms with E-state index in [4.69, 9.17) is 0 Å². The largest absolute Gasteiger partial charge is 0.311 e. The van der Waals surface area contributed by atoms with Gasteiger partial charge in [-0.05, 0) is 181 Å². The molecule has 0 N–H and O–H groups in total. The molecule has 0 bridgehead atoms. The molecule has 4 heteroatoms. The van der Waals surface area contributed by atoms with E-state index in [0.717, 1.165) is 0 Å². The maximum absolute atomic E-state index is 2.72. The Kier molecular flexibility index (Phi) is 9.98. The molecule has 2 nitrogen and oxygen atoms in total. The SMILES string of the molecule is Cc1cc2c3c(c1)N(c1ccc(C(C)(C)C)cc1-c1ccccc1)c1cc4sc5cccc(C(C)(C)C)c5c4cc1B3c1cc3c(cc1N2c1ccc2c(c1)C(C)(C)CCC2(C)C)C(C)(C)CCC3(C)C. The summed E-state index contributed by atoms with van der Waals surface area (Å²) in [6.07, 6.45) is 4.72. The number of rotatable bonds is 3. The van der Waals surface area contributed by atoms with Crippen LogP contribution in [0.25, 0.3) is 31.3 Å². The van der Waals surface area contributed by atoms with Crippen molar-refractivity contribution in [1.29, 1.82) is 0 Å². The van der Waals surface area contributed by atoms with E-state index >= 15 is 0 Å². The molecule has 0 fully saturated rings. The van der Waals surface area contributed by atoms with Crippen LogP contribution in [0, 0.1) is 6.92 Å². The minimum atomic E-state index is -0.0200. The molecule has 0 radical (unpaired) electrons. The summed E-state index contributed by atoms with van der Waals surface area (Å²) in [4.78, 5) is 5.40. The lowest BCUT2D eigenvalue weighted by atomic mass is 9.33. The fourth-order valence-corrected chi connectivity index (χ4v) is 14.6. The fraction of sp³-hybridized carbons (Fsp3) is 0.373. The van der Waals surface area contributed by atoms with Crippen molar-refractivity contribution in [2.45, 2.75) is 162 Å². The summed E-state index contributed by atoms with van der Waals surface area (Å²) in [5.41, 5.74) is 24.7. The molecule has 2 aliphatic carbocycles. The van der Waals surface area contributed by atoms with Crippen LogP contribution < -0.4 is 26.2 Å². The van der Waals surface area contributed by atoms with Gasteiger partial charge in [0.15, 0.2) is 0 Å². The predicted octanol–water partition coefficient (Wildman–Crippen LogP) is 17.4. The Morgan fingerprint density at radius 2 is 1.07 bits per heavy atom. The number of anilines is 6. The Bertz CT molecular complexity index is 3530. The van der Waals surface area contributed by atoms with Crippen molar-refractivity contribution < 1.29 is 0 Å². The van der Waals surface area contributed by atoms with Gasteiger partial charge in [-0.25, -0.2) is 0 Å². The van der Waals surface area contributed by atoms with Gasteiger partial charge in [0.2, 0.25) is 0 Å². The molecule has 360 valence electrons. The van der Waals surface area contributed by atoms with Crippen LogP contribution in [0.2, 0.25) is 0 Å². The molecule has 1 aromatic heterocycles. The molecule has 71 heavy (non-hydrogen) atoms. The van der Waals surface area contributed by atoms with Gasteiger partial charge in [-0.2, -0.15) is 0 Å². The highest BCUT2D eigenvalue weighted by Crippen LogP contribution is 2.54. The van der Waals surface area contributed by atoms with E-state index in [1.54, 1.807) is 0 Å². The zero-order chi connectivity index (χ0) is 50.1. The van der Waals surface area contributed by atoms with Crippen LogP contribution in [-0.4, -0.2) is 6.71 Å². The summed E-state index contributed by atoms with van der Waals surface area (Å²) < 4.78 is 2.71. The number of fused-ring (bicyclic) bond motifs is 9. The van der Waals surface area contributed by atoms with E-state index < -0.39 is 0 Å². The molecule has 0 amide bonds. The highest BCUT2D eigenvalue weighted by Gasteiger charge is 2.48. The second kappa shape index (κ2) is 15.2. The first-order valence-corrected chi connectivity index (χ1v) is 27.4. The van der Waals surface area contributed by atoms with Crippen LogP contribution in [-0.2, 0) is 32.5 Å². The Balaban J connectivity index is 1.24. The summed E-state index contributed by atoms with van der Waals surface area (Å²) in [7, 11) is 0. The van der Waals surface area contributed by atoms with Gasteiger partial charge in [-0.15, -0.1) is 11.3 Å². The third-order valence-electron chi connectivity index (χ3n) is 17.9. The number of aryl methyl sites for hydroxylation is 1. The fourth-order valence-electron chi connectivity index (χ4n) is 13.4. The smallest absolute Gasteiger partial charge is 0.252 e. The highest BCUT2D eigenvalue weighted by atomic mass is 32.1. The van der Waals surface area contributed by atoms with Crippen LogP contribution in [0.1, 0.15) is 162 Å². The van der Waals surface area contributed by atoms with Gasteiger partial charge in [0, 0.05) is 54.2 Å². The minimum absolute atomic E-state index is 0.00686. The van der Waals surface area contributed by atoms with Crippen molar-refractivity contribution in [2.24, 2.45) is 0 Å². The van der Waals surface area contributed by atoms with E-state index in [1.165, 1.54) is 146 Å².